The van der Waals surface area contributed by atoms with Gasteiger partial charge in [0.25, 0.3) is 5.91 Å². The van der Waals surface area contributed by atoms with Gasteiger partial charge >= 0.3 is 0 Å². The summed E-state index contributed by atoms with van der Waals surface area (Å²) in [6.07, 6.45) is 0.787. The first-order valence-electron chi connectivity index (χ1n) is 5.52. The summed E-state index contributed by atoms with van der Waals surface area (Å²) in [4.78, 5) is 11.8. The lowest BCUT2D eigenvalue weighted by Crippen LogP contribution is -2.35. The van der Waals surface area contributed by atoms with Gasteiger partial charge in [-0.15, -0.1) is 0 Å². The van der Waals surface area contributed by atoms with Crippen molar-refractivity contribution in [2.45, 2.75) is 19.4 Å². The quantitative estimate of drug-likeness (QED) is 0.762. The molecule has 0 bridgehead atoms. The second kappa shape index (κ2) is 4.71. The lowest BCUT2D eigenvalue weighted by molar-refractivity contribution is 0.0929. The summed E-state index contributed by atoms with van der Waals surface area (Å²) in [5.74, 6) is -0.774. The van der Waals surface area contributed by atoms with E-state index in [1.807, 2.05) is 0 Å². The van der Waals surface area contributed by atoms with Crippen molar-refractivity contribution in [2.75, 3.05) is 18.9 Å². The number of carbonyl (C=O) groups excluding carboxylic acids is 1. The first kappa shape index (κ1) is 11.9. The molecule has 0 saturated carbocycles. The Balaban J connectivity index is 2.13. The van der Waals surface area contributed by atoms with Crippen LogP contribution < -0.4 is 11.1 Å². The zero-order valence-corrected chi connectivity index (χ0v) is 9.63. The van der Waals surface area contributed by atoms with Gasteiger partial charge in [0.05, 0.1) is 12.6 Å². The summed E-state index contributed by atoms with van der Waals surface area (Å²) in [7, 11) is 0. The van der Waals surface area contributed by atoms with Crippen molar-refractivity contribution in [1.29, 1.82) is 0 Å². The number of benzene rings is 1. The maximum atomic E-state index is 13.4. The Bertz CT molecular complexity index is 419. The number of hydrogen-bond donors (Lipinski definition) is 2. The molecule has 1 aliphatic rings. The van der Waals surface area contributed by atoms with Crippen LogP contribution in [-0.2, 0) is 4.74 Å². The predicted molar refractivity (Wildman–Crippen MR) is 62.2 cm³/mol. The largest absolute Gasteiger partial charge is 0.398 e. The topological polar surface area (TPSA) is 64.4 Å². The molecule has 17 heavy (non-hydrogen) atoms. The van der Waals surface area contributed by atoms with Crippen molar-refractivity contribution < 1.29 is 13.9 Å². The minimum atomic E-state index is -0.460. The van der Waals surface area contributed by atoms with Gasteiger partial charge in [-0.25, -0.2) is 4.39 Å². The van der Waals surface area contributed by atoms with Gasteiger partial charge in [0.15, 0.2) is 0 Å². The van der Waals surface area contributed by atoms with E-state index < -0.39 is 5.82 Å². The third-order valence-electron chi connectivity index (χ3n) is 2.91. The summed E-state index contributed by atoms with van der Waals surface area (Å²) in [6.45, 7) is 2.74. The van der Waals surface area contributed by atoms with Crippen molar-refractivity contribution in [3.8, 4) is 0 Å². The Hall–Kier alpha value is -1.62. The Morgan fingerprint density at radius 3 is 2.94 bits per heavy atom. The fourth-order valence-corrected chi connectivity index (χ4v) is 1.75. The molecule has 3 N–H and O–H groups in total. The van der Waals surface area contributed by atoms with Gasteiger partial charge in [0.2, 0.25) is 0 Å². The highest BCUT2D eigenvalue weighted by molar-refractivity contribution is 5.95. The summed E-state index contributed by atoms with van der Waals surface area (Å²) < 4.78 is 18.6. The summed E-state index contributed by atoms with van der Waals surface area (Å²) >= 11 is 0. The standard InChI is InChI=1S/C12H15FN2O2/c1-7-10(13)4-8(5-11(7)14)12(16)15-9-2-3-17-6-9/h4-5,9H,2-3,6,14H2,1H3,(H,15,16). The number of carbonyl (C=O) groups is 1. The summed E-state index contributed by atoms with van der Waals surface area (Å²) in [5.41, 5.74) is 6.53. The van der Waals surface area contributed by atoms with Crippen molar-refractivity contribution in [3.05, 3.63) is 29.1 Å². The van der Waals surface area contributed by atoms with Crippen LogP contribution in [0.1, 0.15) is 22.3 Å². The number of hydrogen-bond acceptors (Lipinski definition) is 3. The van der Waals surface area contributed by atoms with E-state index in [4.69, 9.17) is 10.5 Å². The molecule has 1 heterocycles. The number of anilines is 1. The van der Waals surface area contributed by atoms with Gasteiger partial charge < -0.3 is 15.8 Å². The second-order valence-electron chi connectivity index (χ2n) is 4.21. The minimum Gasteiger partial charge on any atom is -0.398 e. The number of halogens is 1. The average molecular weight is 238 g/mol. The van der Waals surface area contributed by atoms with E-state index in [1.54, 1.807) is 6.92 Å². The van der Waals surface area contributed by atoms with Gasteiger partial charge in [0.1, 0.15) is 5.82 Å². The predicted octanol–water partition coefficient (Wildman–Crippen LogP) is 1.24. The van der Waals surface area contributed by atoms with E-state index in [9.17, 15) is 9.18 Å². The van der Waals surface area contributed by atoms with Crippen LogP contribution in [0.25, 0.3) is 0 Å². The Kier molecular flexibility index (Phi) is 3.28. The molecular weight excluding hydrogens is 223 g/mol. The van der Waals surface area contributed by atoms with Gasteiger partial charge in [-0.3, -0.25) is 4.79 Å². The Labute approximate surface area is 98.9 Å². The molecule has 1 aliphatic heterocycles. The maximum absolute atomic E-state index is 13.4. The summed E-state index contributed by atoms with van der Waals surface area (Å²) in [6, 6.07) is 2.70. The van der Waals surface area contributed by atoms with Gasteiger partial charge in [0, 0.05) is 23.4 Å². The lowest BCUT2D eigenvalue weighted by atomic mass is 10.1. The van der Waals surface area contributed by atoms with Gasteiger partial charge in [-0.1, -0.05) is 0 Å². The molecule has 2 rings (SSSR count). The third kappa shape index (κ3) is 2.55. The molecule has 0 aliphatic carbocycles. The van der Waals surface area contributed by atoms with Crippen LogP contribution in [0.4, 0.5) is 10.1 Å². The van der Waals surface area contributed by atoms with E-state index in [0.717, 1.165) is 6.42 Å². The number of amides is 1. The zero-order chi connectivity index (χ0) is 12.4. The van der Waals surface area contributed by atoms with E-state index in [-0.39, 0.29) is 23.2 Å². The van der Waals surface area contributed by atoms with Gasteiger partial charge in [-0.2, -0.15) is 0 Å². The highest BCUT2D eigenvalue weighted by atomic mass is 19.1. The number of nitrogens with two attached hydrogens (primary N) is 1. The lowest BCUT2D eigenvalue weighted by Gasteiger charge is -2.11. The molecule has 1 unspecified atom stereocenters. The fraction of sp³-hybridized carbons (Fsp3) is 0.417. The van der Waals surface area contributed by atoms with E-state index >= 15 is 0 Å². The molecule has 1 fully saturated rings. The van der Waals surface area contributed by atoms with Crippen molar-refractivity contribution in [2.24, 2.45) is 0 Å². The number of ether oxygens (including phenoxy) is 1. The average Bonchev–Trinajstić information content (AvgIpc) is 2.77. The Morgan fingerprint density at radius 1 is 1.59 bits per heavy atom. The van der Waals surface area contributed by atoms with Crippen LogP contribution in [0.3, 0.4) is 0 Å². The first-order chi connectivity index (χ1) is 8.08. The molecule has 1 aromatic rings. The van der Waals surface area contributed by atoms with Crippen LogP contribution in [0.15, 0.2) is 12.1 Å². The van der Waals surface area contributed by atoms with Crippen LogP contribution in [0, 0.1) is 12.7 Å². The molecule has 1 aromatic carbocycles. The summed E-state index contributed by atoms with van der Waals surface area (Å²) in [5, 5.41) is 2.78. The van der Waals surface area contributed by atoms with Crippen LogP contribution in [-0.4, -0.2) is 25.2 Å². The van der Waals surface area contributed by atoms with E-state index in [1.165, 1.54) is 12.1 Å². The number of nitrogens with one attached hydrogen (secondary N) is 1. The molecule has 92 valence electrons. The minimum absolute atomic E-state index is 0.00749. The van der Waals surface area contributed by atoms with Crippen LogP contribution in [0.5, 0.6) is 0 Å². The monoisotopic (exact) mass is 238 g/mol. The molecule has 4 nitrogen and oxygen atoms in total. The molecule has 1 saturated heterocycles. The molecule has 0 radical (unpaired) electrons. The molecule has 1 amide bonds. The van der Waals surface area contributed by atoms with E-state index in [2.05, 4.69) is 5.32 Å². The number of rotatable bonds is 2. The third-order valence-corrected chi connectivity index (χ3v) is 2.91. The smallest absolute Gasteiger partial charge is 0.251 e. The normalized spacial score (nSPS) is 19.3. The highest BCUT2D eigenvalue weighted by Gasteiger charge is 2.19. The molecular formula is C12H15FN2O2. The Morgan fingerprint density at radius 2 is 2.35 bits per heavy atom. The van der Waals surface area contributed by atoms with Gasteiger partial charge in [-0.05, 0) is 25.5 Å². The van der Waals surface area contributed by atoms with Crippen molar-refractivity contribution in [3.63, 3.8) is 0 Å². The maximum Gasteiger partial charge on any atom is 0.251 e. The van der Waals surface area contributed by atoms with Crippen molar-refractivity contribution >= 4 is 11.6 Å². The van der Waals surface area contributed by atoms with Crippen LogP contribution >= 0.6 is 0 Å². The SMILES string of the molecule is Cc1c(N)cc(C(=O)NC2CCOC2)cc1F. The second-order valence-corrected chi connectivity index (χ2v) is 4.21. The molecule has 5 heteroatoms. The molecule has 1 atom stereocenters. The highest BCUT2D eigenvalue weighted by Crippen LogP contribution is 2.17. The van der Waals surface area contributed by atoms with Crippen molar-refractivity contribution in [1.82, 2.24) is 5.32 Å². The number of nitrogen functional groups attached to an aromatic ring is 1. The molecule has 0 spiro atoms. The molecule has 0 aromatic heterocycles. The zero-order valence-electron chi connectivity index (χ0n) is 9.63. The fourth-order valence-electron chi connectivity index (χ4n) is 1.75. The van der Waals surface area contributed by atoms with Crippen LogP contribution in [0.2, 0.25) is 0 Å². The first-order valence-corrected chi connectivity index (χ1v) is 5.52. The van der Waals surface area contributed by atoms with E-state index in [0.29, 0.717) is 18.8 Å².